The lowest BCUT2D eigenvalue weighted by Gasteiger charge is -2.17. The van der Waals surface area contributed by atoms with Crippen LogP contribution in [0.1, 0.15) is 68.6 Å². The van der Waals surface area contributed by atoms with Gasteiger partial charge in [0.2, 0.25) is 0 Å². The molecule has 1 atom stereocenters. The summed E-state index contributed by atoms with van der Waals surface area (Å²) in [5.41, 5.74) is 6.71. The van der Waals surface area contributed by atoms with Gasteiger partial charge >= 0.3 is 0 Å². The van der Waals surface area contributed by atoms with Crippen molar-refractivity contribution >= 4 is 17.7 Å². The monoisotopic (exact) mass is 294 g/mol. The molecule has 1 rings (SSSR count). The zero-order valence-electron chi connectivity index (χ0n) is 12.8. The van der Waals surface area contributed by atoms with E-state index < -0.39 is 5.91 Å². The minimum Gasteiger partial charge on any atom is -0.364 e. The lowest BCUT2D eigenvalue weighted by atomic mass is 9.95. The number of carbonyl (C=O) groups excluding carboxylic acids is 1. The Morgan fingerprint density at radius 2 is 2.10 bits per heavy atom. The molecule has 0 aromatic carbocycles. The van der Waals surface area contributed by atoms with Crippen molar-refractivity contribution < 1.29 is 4.79 Å². The Hall–Kier alpha value is -1.03. The third-order valence-electron chi connectivity index (χ3n) is 3.26. The second-order valence-electron chi connectivity index (χ2n) is 5.36. The Morgan fingerprint density at radius 3 is 2.70 bits per heavy atom. The Bertz CT molecular complexity index is 421. The van der Waals surface area contributed by atoms with Gasteiger partial charge in [-0.1, -0.05) is 39.7 Å². The molecule has 0 fully saturated rings. The number of hydrogen-bond donors (Lipinski definition) is 1. The van der Waals surface area contributed by atoms with Crippen LogP contribution in [0.25, 0.3) is 0 Å². The van der Waals surface area contributed by atoms with E-state index in [1.807, 2.05) is 23.9 Å². The first-order chi connectivity index (χ1) is 9.54. The Labute approximate surface area is 126 Å². The smallest absolute Gasteiger partial charge is 0.267 e. The molecule has 1 aromatic heterocycles. The summed E-state index contributed by atoms with van der Waals surface area (Å²) in [4.78, 5) is 15.7. The minimum absolute atomic E-state index is 0.375. The highest BCUT2D eigenvalue weighted by Gasteiger charge is 2.14. The van der Waals surface area contributed by atoms with Crippen LogP contribution in [0, 0.1) is 0 Å². The molecule has 0 aliphatic heterocycles. The fraction of sp³-hybridized carbons (Fsp3) is 0.625. The molecule has 3 nitrogen and oxygen atoms in total. The first-order valence-corrected chi connectivity index (χ1v) is 8.47. The third-order valence-corrected chi connectivity index (χ3v) is 4.40. The number of thioether (sulfide) groups is 1. The standard InChI is InChI=1S/C16H26N2OS/c1-4-5-7-13(10-11-20-12(2)3)14-8-6-9-15(18-14)16(17)19/h6,8-9,12-13H,4-5,7,10-11H2,1-3H3,(H2,17,19). The number of rotatable bonds is 9. The van der Waals surface area contributed by atoms with Crippen LogP contribution in [0.5, 0.6) is 0 Å². The van der Waals surface area contributed by atoms with Crippen LogP contribution < -0.4 is 5.73 Å². The van der Waals surface area contributed by atoms with E-state index in [0.29, 0.717) is 16.9 Å². The van der Waals surface area contributed by atoms with Gasteiger partial charge in [-0.15, -0.1) is 0 Å². The molecule has 0 radical (unpaired) electrons. The Kier molecular flexibility index (Phi) is 7.67. The van der Waals surface area contributed by atoms with Crippen LogP contribution in [-0.2, 0) is 0 Å². The van der Waals surface area contributed by atoms with Gasteiger partial charge in [0.05, 0.1) is 0 Å². The lowest BCUT2D eigenvalue weighted by molar-refractivity contribution is 0.0995. The van der Waals surface area contributed by atoms with Gasteiger partial charge in [-0.3, -0.25) is 4.79 Å². The van der Waals surface area contributed by atoms with Crippen LogP contribution in [0.3, 0.4) is 0 Å². The Balaban J connectivity index is 2.75. The molecule has 0 aliphatic rings. The van der Waals surface area contributed by atoms with Gasteiger partial charge in [0.1, 0.15) is 5.69 Å². The number of nitrogens with zero attached hydrogens (tertiary/aromatic N) is 1. The third kappa shape index (κ3) is 5.95. The molecule has 1 unspecified atom stereocenters. The second-order valence-corrected chi connectivity index (χ2v) is 7.04. The SMILES string of the molecule is CCCCC(CCSC(C)C)c1cccc(C(N)=O)n1. The van der Waals surface area contributed by atoms with E-state index in [2.05, 4.69) is 25.8 Å². The van der Waals surface area contributed by atoms with E-state index in [4.69, 9.17) is 5.73 Å². The van der Waals surface area contributed by atoms with Gasteiger partial charge in [0.15, 0.2) is 0 Å². The minimum atomic E-state index is -0.447. The van der Waals surface area contributed by atoms with Crippen LogP contribution in [0.15, 0.2) is 18.2 Å². The van der Waals surface area contributed by atoms with Crippen molar-refractivity contribution in [3.05, 3.63) is 29.6 Å². The summed E-state index contributed by atoms with van der Waals surface area (Å²) in [7, 11) is 0. The largest absolute Gasteiger partial charge is 0.364 e. The molecule has 0 saturated carbocycles. The van der Waals surface area contributed by atoms with Crippen molar-refractivity contribution in [1.82, 2.24) is 4.98 Å². The van der Waals surface area contributed by atoms with Crippen molar-refractivity contribution in [2.45, 2.75) is 57.6 Å². The number of pyridine rings is 1. The van der Waals surface area contributed by atoms with E-state index in [-0.39, 0.29) is 0 Å². The predicted molar refractivity (Wildman–Crippen MR) is 87.2 cm³/mol. The fourth-order valence-corrected chi connectivity index (χ4v) is 3.04. The van der Waals surface area contributed by atoms with Crippen molar-refractivity contribution in [3.8, 4) is 0 Å². The fourth-order valence-electron chi connectivity index (χ4n) is 2.15. The summed E-state index contributed by atoms with van der Waals surface area (Å²) in [5, 5.41) is 0.659. The molecule has 2 N–H and O–H groups in total. The van der Waals surface area contributed by atoms with Gasteiger partial charge in [-0.25, -0.2) is 4.98 Å². The number of carbonyl (C=O) groups is 1. The number of amides is 1. The maximum atomic E-state index is 11.2. The first-order valence-electron chi connectivity index (χ1n) is 7.43. The molecule has 0 saturated heterocycles. The number of unbranched alkanes of at least 4 members (excludes halogenated alkanes) is 1. The zero-order valence-corrected chi connectivity index (χ0v) is 13.6. The summed E-state index contributed by atoms with van der Waals surface area (Å²) in [6, 6.07) is 5.59. The highest BCUT2D eigenvalue weighted by atomic mass is 32.2. The molecular formula is C16H26N2OS. The average molecular weight is 294 g/mol. The van der Waals surface area contributed by atoms with Gasteiger partial charge in [-0.05, 0) is 36.0 Å². The topological polar surface area (TPSA) is 56.0 Å². The molecule has 20 heavy (non-hydrogen) atoms. The maximum Gasteiger partial charge on any atom is 0.267 e. The van der Waals surface area contributed by atoms with Crippen molar-refractivity contribution in [2.75, 3.05) is 5.75 Å². The summed E-state index contributed by atoms with van der Waals surface area (Å²) in [6.45, 7) is 6.64. The number of primary amides is 1. The molecule has 0 bridgehead atoms. The summed E-state index contributed by atoms with van der Waals surface area (Å²) >= 11 is 1.98. The van der Waals surface area contributed by atoms with Crippen molar-refractivity contribution in [2.24, 2.45) is 5.73 Å². The van der Waals surface area contributed by atoms with Crippen LogP contribution in [-0.4, -0.2) is 21.9 Å². The Morgan fingerprint density at radius 1 is 1.35 bits per heavy atom. The normalized spacial score (nSPS) is 12.6. The zero-order chi connectivity index (χ0) is 15.0. The molecule has 1 heterocycles. The van der Waals surface area contributed by atoms with Gasteiger partial charge in [-0.2, -0.15) is 11.8 Å². The molecule has 1 aromatic rings. The highest BCUT2D eigenvalue weighted by molar-refractivity contribution is 7.99. The van der Waals surface area contributed by atoms with Crippen molar-refractivity contribution in [3.63, 3.8) is 0 Å². The van der Waals surface area contributed by atoms with E-state index in [9.17, 15) is 4.79 Å². The summed E-state index contributed by atoms with van der Waals surface area (Å²) in [5.74, 6) is 1.12. The molecule has 4 heteroatoms. The number of nitrogens with two attached hydrogens (primary N) is 1. The van der Waals surface area contributed by atoms with E-state index >= 15 is 0 Å². The molecular weight excluding hydrogens is 268 g/mol. The first kappa shape index (κ1) is 17.0. The molecule has 112 valence electrons. The van der Waals surface area contributed by atoms with Crippen molar-refractivity contribution in [1.29, 1.82) is 0 Å². The number of hydrogen-bond acceptors (Lipinski definition) is 3. The van der Waals surface area contributed by atoms with E-state index in [0.717, 1.165) is 24.3 Å². The average Bonchev–Trinajstić information content (AvgIpc) is 2.42. The van der Waals surface area contributed by atoms with Gasteiger partial charge in [0, 0.05) is 11.6 Å². The lowest BCUT2D eigenvalue weighted by Crippen LogP contribution is -2.15. The highest BCUT2D eigenvalue weighted by Crippen LogP contribution is 2.27. The van der Waals surface area contributed by atoms with E-state index in [1.54, 1.807) is 6.07 Å². The van der Waals surface area contributed by atoms with Gasteiger partial charge in [0.25, 0.3) is 5.91 Å². The quantitative estimate of drug-likeness (QED) is 0.749. The second kappa shape index (κ2) is 9.01. The summed E-state index contributed by atoms with van der Waals surface area (Å²) < 4.78 is 0. The number of aromatic nitrogens is 1. The summed E-state index contributed by atoms with van der Waals surface area (Å²) in [6.07, 6.45) is 4.62. The van der Waals surface area contributed by atoms with Gasteiger partial charge < -0.3 is 5.73 Å². The predicted octanol–water partition coefficient (Wildman–Crippen LogP) is 3.99. The van der Waals surface area contributed by atoms with Crippen LogP contribution >= 0.6 is 11.8 Å². The molecule has 0 aliphatic carbocycles. The van der Waals surface area contributed by atoms with Crippen LogP contribution in [0.4, 0.5) is 0 Å². The molecule has 0 spiro atoms. The van der Waals surface area contributed by atoms with Crippen LogP contribution in [0.2, 0.25) is 0 Å². The maximum absolute atomic E-state index is 11.2. The molecule has 1 amide bonds. The van der Waals surface area contributed by atoms with E-state index in [1.165, 1.54) is 12.8 Å².